The molecule has 0 spiro atoms. The van der Waals surface area contributed by atoms with E-state index in [1.165, 1.54) is 12.1 Å². The maximum Gasteiger partial charge on any atom is 0.291 e. The van der Waals surface area contributed by atoms with Crippen LogP contribution in [0.4, 0.5) is 0 Å². The molecule has 1 aliphatic heterocycles. The smallest absolute Gasteiger partial charge is 0.291 e. The molecule has 0 saturated heterocycles. The first-order chi connectivity index (χ1) is 7.33. The summed E-state index contributed by atoms with van der Waals surface area (Å²) in [6, 6.07) is 4.85. The molecular formula is C10H7NO4. The van der Waals surface area contributed by atoms with Gasteiger partial charge in [0, 0.05) is 0 Å². The fourth-order valence-corrected chi connectivity index (χ4v) is 1.34. The van der Waals surface area contributed by atoms with Crippen molar-refractivity contribution in [1.29, 1.82) is 0 Å². The third-order valence-corrected chi connectivity index (χ3v) is 1.94. The van der Waals surface area contributed by atoms with Crippen LogP contribution in [0.1, 0.15) is 10.4 Å². The fraction of sp³-hybridized carbons (Fsp3) is 0.200. The van der Waals surface area contributed by atoms with Gasteiger partial charge in [-0.15, -0.1) is 4.99 Å². The molecule has 0 atom stereocenters. The van der Waals surface area contributed by atoms with Crippen LogP contribution in [0.15, 0.2) is 23.2 Å². The molecule has 15 heavy (non-hydrogen) atoms. The number of para-hydroxylation sites is 1. The Hall–Kier alpha value is -2.13. The fourth-order valence-electron chi connectivity index (χ4n) is 1.34. The summed E-state index contributed by atoms with van der Waals surface area (Å²) in [5, 5.41) is 0. The highest BCUT2D eigenvalue weighted by atomic mass is 16.6. The van der Waals surface area contributed by atoms with Crippen molar-refractivity contribution in [3.8, 4) is 11.5 Å². The van der Waals surface area contributed by atoms with Gasteiger partial charge in [0.05, 0.1) is 5.56 Å². The third kappa shape index (κ3) is 1.73. The van der Waals surface area contributed by atoms with E-state index in [-0.39, 0.29) is 5.56 Å². The molecule has 1 amide bonds. The Kier molecular flexibility index (Phi) is 2.48. The maximum atomic E-state index is 11.4. The molecule has 1 aromatic carbocycles. The van der Waals surface area contributed by atoms with Gasteiger partial charge in [-0.25, -0.2) is 4.79 Å². The number of fused-ring (bicyclic) bond motifs is 1. The van der Waals surface area contributed by atoms with Gasteiger partial charge >= 0.3 is 0 Å². The lowest BCUT2D eigenvalue weighted by Crippen LogP contribution is -2.17. The number of hydrogen-bond acceptors (Lipinski definition) is 4. The first-order valence-corrected chi connectivity index (χ1v) is 4.34. The SMILES string of the molecule is O=C=NC(=O)c1cccc2c1OCCO2. The lowest BCUT2D eigenvalue weighted by molar-refractivity contribution is 0.0991. The summed E-state index contributed by atoms with van der Waals surface area (Å²) in [5.41, 5.74) is 0.218. The molecule has 0 aromatic heterocycles. The van der Waals surface area contributed by atoms with Gasteiger partial charge in [-0.1, -0.05) is 6.07 Å². The number of hydrogen-bond donors (Lipinski definition) is 0. The number of benzene rings is 1. The van der Waals surface area contributed by atoms with Crippen LogP contribution >= 0.6 is 0 Å². The van der Waals surface area contributed by atoms with Crippen molar-refractivity contribution in [1.82, 2.24) is 0 Å². The lowest BCUT2D eigenvalue weighted by Gasteiger charge is -2.19. The topological polar surface area (TPSA) is 65.0 Å². The van der Waals surface area contributed by atoms with E-state index in [9.17, 15) is 9.59 Å². The van der Waals surface area contributed by atoms with Crippen LogP contribution in [-0.2, 0) is 4.79 Å². The molecular weight excluding hydrogens is 198 g/mol. The Balaban J connectivity index is 2.47. The highest BCUT2D eigenvalue weighted by molar-refractivity contribution is 6.00. The van der Waals surface area contributed by atoms with Gasteiger partial charge in [0.15, 0.2) is 11.5 Å². The van der Waals surface area contributed by atoms with Gasteiger partial charge in [0.25, 0.3) is 5.91 Å². The molecule has 0 radical (unpaired) electrons. The second-order valence-electron chi connectivity index (χ2n) is 2.84. The third-order valence-electron chi connectivity index (χ3n) is 1.94. The second-order valence-corrected chi connectivity index (χ2v) is 2.84. The zero-order valence-electron chi connectivity index (χ0n) is 7.73. The highest BCUT2D eigenvalue weighted by Crippen LogP contribution is 2.33. The standard InChI is InChI=1S/C10H7NO4/c12-6-11-10(13)7-2-1-3-8-9(7)15-5-4-14-8/h1-3H,4-5H2. The van der Waals surface area contributed by atoms with E-state index in [1.54, 1.807) is 12.1 Å². The number of carbonyl (C=O) groups is 1. The van der Waals surface area contributed by atoms with Crippen molar-refractivity contribution in [2.45, 2.75) is 0 Å². The molecule has 0 fully saturated rings. The number of carbonyl (C=O) groups excluding carboxylic acids is 2. The number of isocyanates is 1. The van der Waals surface area contributed by atoms with Crippen molar-refractivity contribution in [3.63, 3.8) is 0 Å². The van der Waals surface area contributed by atoms with Gasteiger partial charge in [-0.05, 0) is 12.1 Å². The number of aliphatic imine (C=N–C) groups is 1. The molecule has 1 heterocycles. The minimum absolute atomic E-state index is 0.218. The van der Waals surface area contributed by atoms with E-state index < -0.39 is 5.91 Å². The summed E-state index contributed by atoms with van der Waals surface area (Å²) in [5.74, 6) is 0.160. The molecule has 0 N–H and O–H groups in total. The van der Waals surface area contributed by atoms with Gasteiger partial charge < -0.3 is 9.47 Å². The van der Waals surface area contributed by atoms with Crippen LogP contribution in [0.5, 0.6) is 11.5 Å². The molecule has 0 saturated carbocycles. The Morgan fingerprint density at radius 2 is 2.13 bits per heavy atom. The molecule has 1 aliphatic rings. The van der Waals surface area contributed by atoms with E-state index in [0.29, 0.717) is 24.7 Å². The molecule has 1 aromatic rings. The van der Waals surface area contributed by atoms with Crippen molar-refractivity contribution >= 4 is 12.0 Å². The van der Waals surface area contributed by atoms with Crippen LogP contribution < -0.4 is 9.47 Å². The molecule has 0 unspecified atom stereocenters. The Morgan fingerprint density at radius 3 is 2.93 bits per heavy atom. The predicted molar refractivity (Wildman–Crippen MR) is 49.9 cm³/mol. The van der Waals surface area contributed by atoms with Crippen LogP contribution in [0.3, 0.4) is 0 Å². The van der Waals surface area contributed by atoms with Gasteiger partial charge in [-0.2, -0.15) is 0 Å². The van der Waals surface area contributed by atoms with E-state index in [4.69, 9.17) is 9.47 Å². The van der Waals surface area contributed by atoms with Crippen LogP contribution in [0.2, 0.25) is 0 Å². The quantitative estimate of drug-likeness (QED) is 0.505. The summed E-state index contributed by atoms with van der Waals surface area (Å²) in [7, 11) is 0. The Morgan fingerprint density at radius 1 is 1.33 bits per heavy atom. The van der Waals surface area contributed by atoms with Crippen molar-refractivity contribution in [2.75, 3.05) is 13.2 Å². The first kappa shape index (κ1) is 9.43. The monoisotopic (exact) mass is 205 g/mol. The Labute approximate surface area is 85.3 Å². The first-order valence-electron chi connectivity index (χ1n) is 4.34. The van der Waals surface area contributed by atoms with E-state index in [1.807, 2.05) is 0 Å². The summed E-state index contributed by atoms with van der Waals surface area (Å²) in [4.78, 5) is 24.3. The van der Waals surface area contributed by atoms with Gasteiger partial charge in [0.1, 0.15) is 13.2 Å². The van der Waals surface area contributed by atoms with Gasteiger partial charge in [0.2, 0.25) is 6.08 Å². The lowest BCUT2D eigenvalue weighted by atomic mass is 10.1. The minimum atomic E-state index is -0.674. The van der Waals surface area contributed by atoms with Gasteiger partial charge in [-0.3, -0.25) is 4.79 Å². The summed E-state index contributed by atoms with van der Waals surface area (Å²) < 4.78 is 10.6. The van der Waals surface area contributed by atoms with Crippen molar-refractivity contribution in [2.24, 2.45) is 4.99 Å². The summed E-state index contributed by atoms with van der Waals surface area (Å²) in [6.07, 6.45) is 1.20. The zero-order chi connectivity index (χ0) is 10.7. The molecule has 5 nitrogen and oxygen atoms in total. The van der Waals surface area contributed by atoms with Crippen LogP contribution in [0, 0.1) is 0 Å². The second kappa shape index (κ2) is 3.94. The van der Waals surface area contributed by atoms with E-state index >= 15 is 0 Å². The predicted octanol–water partition coefficient (Wildman–Crippen LogP) is 0.934. The summed E-state index contributed by atoms with van der Waals surface area (Å²) >= 11 is 0. The molecule has 0 aliphatic carbocycles. The molecule has 5 heteroatoms. The normalized spacial score (nSPS) is 12.8. The molecule has 76 valence electrons. The number of amides is 1. The largest absolute Gasteiger partial charge is 0.486 e. The number of rotatable bonds is 1. The minimum Gasteiger partial charge on any atom is -0.486 e. The number of nitrogens with zero attached hydrogens (tertiary/aromatic N) is 1. The zero-order valence-corrected chi connectivity index (χ0v) is 7.73. The maximum absolute atomic E-state index is 11.4. The van der Waals surface area contributed by atoms with E-state index in [2.05, 4.69) is 4.99 Å². The molecule has 2 rings (SSSR count). The van der Waals surface area contributed by atoms with Crippen molar-refractivity contribution < 1.29 is 19.1 Å². The average molecular weight is 205 g/mol. The van der Waals surface area contributed by atoms with Crippen LogP contribution in [-0.4, -0.2) is 25.2 Å². The summed E-state index contributed by atoms with van der Waals surface area (Å²) in [6.45, 7) is 0.823. The van der Waals surface area contributed by atoms with E-state index in [0.717, 1.165) is 0 Å². The highest BCUT2D eigenvalue weighted by Gasteiger charge is 2.19. The van der Waals surface area contributed by atoms with Crippen LogP contribution in [0.25, 0.3) is 0 Å². The Bertz CT molecular complexity index is 449. The number of ether oxygens (including phenoxy) is 2. The molecule has 0 bridgehead atoms. The van der Waals surface area contributed by atoms with Crippen molar-refractivity contribution in [3.05, 3.63) is 23.8 Å². The average Bonchev–Trinajstić information content (AvgIpc) is 2.28.